The van der Waals surface area contributed by atoms with Crippen LogP contribution in [0.2, 0.25) is 0 Å². The van der Waals surface area contributed by atoms with Gasteiger partial charge < -0.3 is 10.1 Å². The Bertz CT molecular complexity index is 804. The zero-order valence-corrected chi connectivity index (χ0v) is 16.5. The number of ether oxygens (including phenoxy) is 1. The van der Waals surface area contributed by atoms with Gasteiger partial charge in [0.1, 0.15) is 5.75 Å². The van der Waals surface area contributed by atoms with Crippen LogP contribution in [-0.4, -0.2) is 31.0 Å². The highest BCUT2D eigenvalue weighted by Gasteiger charge is 2.17. The summed E-state index contributed by atoms with van der Waals surface area (Å²) in [6, 6.07) is 16.1. The van der Waals surface area contributed by atoms with E-state index in [0.717, 1.165) is 47.4 Å². The van der Waals surface area contributed by atoms with Crippen LogP contribution in [0.3, 0.4) is 0 Å². The Labute approximate surface area is 163 Å². The predicted molar refractivity (Wildman–Crippen MR) is 107 cm³/mol. The lowest BCUT2D eigenvalue weighted by Gasteiger charge is -2.26. The molecule has 1 N–H and O–H groups in total. The SMILES string of the molecule is COc1cccc(CN2CC=C(C(=O)NCc3cccc(Br)c3)CC2)c1. The molecule has 0 fully saturated rings. The lowest BCUT2D eigenvalue weighted by Crippen LogP contribution is -2.33. The average Bonchev–Trinajstić information content (AvgIpc) is 2.67. The van der Waals surface area contributed by atoms with Gasteiger partial charge in [0, 0.05) is 36.2 Å². The van der Waals surface area contributed by atoms with E-state index < -0.39 is 0 Å². The molecule has 2 aromatic rings. The molecular formula is C21H23BrN2O2. The number of hydrogen-bond donors (Lipinski definition) is 1. The molecule has 0 saturated carbocycles. The Morgan fingerprint density at radius 1 is 1.19 bits per heavy atom. The maximum atomic E-state index is 12.4. The summed E-state index contributed by atoms with van der Waals surface area (Å²) in [5.41, 5.74) is 3.19. The van der Waals surface area contributed by atoms with Crippen LogP contribution in [0, 0.1) is 0 Å². The van der Waals surface area contributed by atoms with Crippen molar-refractivity contribution < 1.29 is 9.53 Å². The zero-order chi connectivity index (χ0) is 18.4. The van der Waals surface area contributed by atoms with Gasteiger partial charge in [-0.15, -0.1) is 0 Å². The summed E-state index contributed by atoms with van der Waals surface area (Å²) in [6.07, 6.45) is 2.81. The Morgan fingerprint density at radius 3 is 2.73 bits per heavy atom. The van der Waals surface area contributed by atoms with E-state index in [1.165, 1.54) is 5.56 Å². The van der Waals surface area contributed by atoms with E-state index in [2.05, 4.69) is 38.3 Å². The summed E-state index contributed by atoms with van der Waals surface area (Å²) >= 11 is 3.45. The maximum absolute atomic E-state index is 12.4. The number of hydrogen-bond acceptors (Lipinski definition) is 3. The molecule has 1 amide bonds. The standard InChI is InChI=1S/C21H23BrN2O2/c1-26-20-7-3-5-17(13-20)15-24-10-8-18(9-11-24)21(25)23-14-16-4-2-6-19(22)12-16/h2-8,12-13H,9-11,14-15H2,1H3,(H,23,25). The number of amides is 1. The second-order valence-corrected chi connectivity index (χ2v) is 7.29. The molecule has 0 bridgehead atoms. The number of nitrogens with one attached hydrogen (secondary N) is 1. The van der Waals surface area contributed by atoms with Crippen LogP contribution in [0.5, 0.6) is 5.75 Å². The van der Waals surface area contributed by atoms with E-state index in [-0.39, 0.29) is 5.91 Å². The summed E-state index contributed by atoms with van der Waals surface area (Å²) < 4.78 is 6.30. The highest BCUT2D eigenvalue weighted by atomic mass is 79.9. The Balaban J connectivity index is 1.51. The van der Waals surface area contributed by atoms with Gasteiger partial charge in [-0.05, 0) is 41.8 Å². The molecule has 1 aliphatic heterocycles. The van der Waals surface area contributed by atoms with Crippen molar-refractivity contribution in [3.05, 3.63) is 75.8 Å². The molecule has 0 radical (unpaired) electrons. The molecule has 136 valence electrons. The molecule has 1 heterocycles. The van der Waals surface area contributed by atoms with Gasteiger partial charge >= 0.3 is 0 Å². The second kappa shape index (κ2) is 9.01. The molecule has 3 rings (SSSR count). The first-order valence-electron chi connectivity index (χ1n) is 8.71. The molecule has 4 nitrogen and oxygen atoms in total. The number of methoxy groups -OCH3 is 1. The fourth-order valence-electron chi connectivity index (χ4n) is 3.03. The van der Waals surface area contributed by atoms with Crippen molar-refractivity contribution in [1.82, 2.24) is 10.2 Å². The molecular weight excluding hydrogens is 392 g/mol. The quantitative estimate of drug-likeness (QED) is 0.778. The van der Waals surface area contributed by atoms with Crippen molar-refractivity contribution in [2.45, 2.75) is 19.5 Å². The van der Waals surface area contributed by atoms with Crippen LogP contribution in [0.4, 0.5) is 0 Å². The third kappa shape index (κ3) is 5.19. The first kappa shape index (κ1) is 18.7. The van der Waals surface area contributed by atoms with Crippen molar-refractivity contribution in [2.75, 3.05) is 20.2 Å². The van der Waals surface area contributed by atoms with Crippen LogP contribution in [0.15, 0.2) is 64.7 Å². The number of carbonyl (C=O) groups is 1. The smallest absolute Gasteiger partial charge is 0.247 e. The normalized spacial score (nSPS) is 14.6. The number of rotatable bonds is 6. The summed E-state index contributed by atoms with van der Waals surface area (Å²) in [4.78, 5) is 14.7. The van der Waals surface area contributed by atoms with Crippen molar-refractivity contribution in [1.29, 1.82) is 0 Å². The number of halogens is 1. The van der Waals surface area contributed by atoms with Crippen molar-refractivity contribution in [2.24, 2.45) is 0 Å². The summed E-state index contributed by atoms with van der Waals surface area (Å²) in [7, 11) is 1.68. The van der Waals surface area contributed by atoms with E-state index in [9.17, 15) is 4.79 Å². The molecule has 0 unspecified atom stereocenters. The predicted octanol–water partition coefficient (Wildman–Crippen LogP) is 3.91. The highest BCUT2D eigenvalue weighted by Crippen LogP contribution is 2.18. The van der Waals surface area contributed by atoms with Gasteiger partial charge in [-0.1, -0.05) is 46.3 Å². The highest BCUT2D eigenvalue weighted by molar-refractivity contribution is 9.10. The van der Waals surface area contributed by atoms with E-state index in [0.29, 0.717) is 6.54 Å². The van der Waals surface area contributed by atoms with Crippen LogP contribution in [0.25, 0.3) is 0 Å². The van der Waals surface area contributed by atoms with Gasteiger partial charge in [0.15, 0.2) is 0 Å². The second-order valence-electron chi connectivity index (χ2n) is 6.38. The first-order chi connectivity index (χ1) is 12.6. The van der Waals surface area contributed by atoms with E-state index in [4.69, 9.17) is 4.74 Å². The maximum Gasteiger partial charge on any atom is 0.247 e. The molecule has 0 spiro atoms. The number of benzene rings is 2. The number of carbonyl (C=O) groups excluding carboxylic acids is 1. The van der Waals surface area contributed by atoms with Crippen LogP contribution >= 0.6 is 15.9 Å². The van der Waals surface area contributed by atoms with Gasteiger partial charge in [-0.25, -0.2) is 0 Å². The largest absolute Gasteiger partial charge is 0.497 e. The van der Waals surface area contributed by atoms with Gasteiger partial charge in [-0.2, -0.15) is 0 Å². The topological polar surface area (TPSA) is 41.6 Å². The summed E-state index contributed by atoms with van der Waals surface area (Å²) in [5.74, 6) is 0.911. The molecule has 0 aliphatic carbocycles. The molecule has 5 heteroatoms. The molecule has 1 aliphatic rings. The molecule has 0 aromatic heterocycles. The Hall–Kier alpha value is -2.11. The Morgan fingerprint density at radius 2 is 2.00 bits per heavy atom. The van der Waals surface area contributed by atoms with Gasteiger partial charge in [0.05, 0.1) is 7.11 Å². The molecule has 0 atom stereocenters. The van der Waals surface area contributed by atoms with Crippen molar-refractivity contribution >= 4 is 21.8 Å². The zero-order valence-electron chi connectivity index (χ0n) is 14.9. The molecule has 26 heavy (non-hydrogen) atoms. The minimum atomic E-state index is 0.0333. The number of nitrogens with zero attached hydrogens (tertiary/aromatic N) is 1. The lowest BCUT2D eigenvalue weighted by molar-refractivity contribution is -0.117. The molecule has 0 saturated heterocycles. The fourth-order valence-corrected chi connectivity index (χ4v) is 3.48. The fraction of sp³-hybridized carbons (Fsp3) is 0.286. The van der Waals surface area contributed by atoms with Gasteiger partial charge in [0.25, 0.3) is 0 Å². The van der Waals surface area contributed by atoms with Crippen LogP contribution in [0.1, 0.15) is 17.5 Å². The van der Waals surface area contributed by atoms with Crippen molar-refractivity contribution in [3.63, 3.8) is 0 Å². The van der Waals surface area contributed by atoms with Crippen LogP contribution in [-0.2, 0) is 17.9 Å². The first-order valence-corrected chi connectivity index (χ1v) is 9.50. The summed E-state index contributed by atoms with van der Waals surface area (Å²) in [6.45, 7) is 3.08. The Kier molecular flexibility index (Phi) is 6.47. The van der Waals surface area contributed by atoms with Gasteiger partial charge in [0.2, 0.25) is 5.91 Å². The van der Waals surface area contributed by atoms with E-state index in [1.54, 1.807) is 7.11 Å². The van der Waals surface area contributed by atoms with Crippen LogP contribution < -0.4 is 10.1 Å². The monoisotopic (exact) mass is 414 g/mol. The lowest BCUT2D eigenvalue weighted by atomic mass is 10.1. The van der Waals surface area contributed by atoms with E-state index >= 15 is 0 Å². The minimum Gasteiger partial charge on any atom is -0.497 e. The van der Waals surface area contributed by atoms with E-state index in [1.807, 2.05) is 42.5 Å². The van der Waals surface area contributed by atoms with Gasteiger partial charge in [-0.3, -0.25) is 9.69 Å². The summed E-state index contributed by atoms with van der Waals surface area (Å²) in [5, 5.41) is 3.01. The third-order valence-corrected chi connectivity index (χ3v) is 4.96. The van der Waals surface area contributed by atoms with Crippen molar-refractivity contribution in [3.8, 4) is 5.75 Å². The molecule has 2 aromatic carbocycles. The minimum absolute atomic E-state index is 0.0333. The average molecular weight is 415 g/mol. The third-order valence-electron chi connectivity index (χ3n) is 4.47.